The molecule has 1 aromatic heterocycles. The molecule has 0 aliphatic rings. The van der Waals surface area contributed by atoms with E-state index in [0.717, 1.165) is 31.9 Å². The molecule has 0 aliphatic heterocycles. The standard InChI is InChI=1S/C12H13BrN2OS/c1-6-4-10(16-3)8(5-9(6)13)11-7(2)17-12(14)15-11/h4-5H,1-3H3,(H2,14,15). The first-order valence-corrected chi connectivity index (χ1v) is 6.71. The number of aromatic nitrogens is 1. The Bertz CT molecular complexity index is 566. The second kappa shape index (κ2) is 4.66. The number of hydrogen-bond donors (Lipinski definition) is 1. The molecule has 2 rings (SSSR count). The molecule has 0 atom stereocenters. The van der Waals surface area contributed by atoms with Gasteiger partial charge in [0, 0.05) is 14.9 Å². The van der Waals surface area contributed by atoms with E-state index < -0.39 is 0 Å². The Balaban J connectivity index is 2.66. The van der Waals surface area contributed by atoms with E-state index >= 15 is 0 Å². The molecule has 1 heterocycles. The molecule has 1 aromatic carbocycles. The second-order valence-electron chi connectivity index (χ2n) is 3.76. The highest BCUT2D eigenvalue weighted by Gasteiger charge is 2.14. The molecule has 0 unspecified atom stereocenters. The third-order valence-electron chi connectivity index (χ3n) is 2.55. The molecule has 5 heteroatoms. The molecule has 0 bridgehead atoms. The largest absolute Gasteiger partial charge is 0.496 e. The quantitative estimate of drug-likeness (QED) is 0.918. The zero-order valence-corrected chi connectivity index (χ0v) is 12.3. The first-order chi connectivity index (χ1) is 8.02. The van der Waals surface area contributed by atoms with Crippen LogP contribution in [-0.4, -0.2) is 12.1 Å². The van der Waals surface area contributed by atoms with E-state index in [2.05, 4.69) is 20.9 Å². The highest BCUT2D eigenvalue weighted by Crippen LogP contribution is 2.37. The van der Waals surface area contributed by atoms with Crippen molar-refractivity contribution >= 4 is 32.4 Å². The molecular formula is C12H13BrN2OS. The van der Waals surface area contributed by atoms with E-state index in [9.17, 15) is 0 Å². The zero-order chi connectivity index (χ0) is 12.6. The Morgan fingerprint density at radius 1 is 1.35 bits per heavy atom. The van der Waals surface area contributed by atoms with Gasteiger partial charge in [0.25, 0.3) is 0 Å². The van der Waals surface area contributed by atoms with E-state index in [1.54, 1.807) is 7.11 Å². The minimum atomic E-state index is 0.580. The number of benzene rings is 1. The van der Waals surface area contributed by atoms with Gasteiger partial charge in [-0.15, -0.1) is 11.3 Å². The van der Waals surface area contributed by atoms with Crippen LogP contribution in [0.4, 0.5) is 5.13 Å². The van der Waals surface area contributed by atoms with Crippen LogP contribution in [0.1, 0.15) is 10.4 Å². The molecule has 0 amide bonds. The monoisotopic (exact) mass is 312 g/mol. The van der Waals surface area contributed by atoms with Crippen LogP contribution in [0.3, 0.4) is 0 Å². The normalized spacial score (nSPS) is 10.6. The fraction of sp³-hybridized carbons (Fsp3) is 0.250. The van der Waals surface area contributed by atoms with Gasteiger partial charge < -0.3 is 10.5 Å². The van der Waals surface area contributed by atoms with Crippen molar-refractivity contribution in [3.63, 3.8) is 0 Å². The molecule has 0 saturated carbocycles. The van der Waals surface area contributed by atoms with Crippen molar-refractivity contribution in [2.24, 2.45) is 0 Å². The Labute approximate surface area is 113 Å². The number of aryl methyl sites for hydroxylation is 2. The lowest BCUT2D eigenvalue weighted by molar-refractivity contribution is 0.416. The predicted molar refractivity (Wildman–Crippen MR) is 75.7 cm³/mol. The third kappa shape index (κ3) is 2.30. The molecule has 17 heavy (non-hydrogen) atoms. The van der Waals surface area contributed by atoms with Gasteiger partial charge in [0.05, 0.1) is 12.8 Å². The minimum absolute atomic E-state index is 0.580. The molecule has 0 spiro atoms. The van der Waals surface area contributed by atoms with Gasteiger partial charge in [-0.05, 0) is 31.5 Å². The van der Waals surface area contributed by atoms with E-state index in [1.807, 2.05) is 26.0 Å². The SMILES string of the molecule is COc1cc(C)c(Br)cc1-c1nc(N)sc1C. The van der Waals surface area contributed by atoms with Crippen molar-refractivity contribution in [2.75, 3.05) is 12.8 Å². The maximum absolute atomic E-state index is 5.73. The first-order valence-electron chi connectivity index (χ1n) is 5.10. The summed E-state index contributed by atoms with van der Waals surface area (Å²) in [7, 11) is 1.66. The van der Waals surface area contributed by atoms with Crippen LogP contribution >= 0.6 is 27.3 Å². The van der Waals surface area contributed by atoms with Crippen LogP contribution in [0.25, 0.3) is 11.3 Å². The highest BCUT2D eigenvalue weighted by atomic mass is 79.9. The molecule has 3 nitrogen and oxygen atoms in total. The number of nitrogens with two attached hydrogens (primary N) is 1. The van der Waals surface area contributed by atoms with Crippen molar-refractivity contribution in [1.29, 1.82) is 0 Å². The number of halogens is 1. The topological polar surface area (TPSA) is 48.1 Å². The predicted octanol–water partition coefficient (Wildman–Crippen LogP) is 3.78. The van der Waals surface area contributed by atoms with Crippen molar-refractivity contribution in [3.05, 3.63) is 27.0 Å². The highest BCUT2D eigenvalue weighted by molar-refractivity contribution is 9.10. The van der Waals surface area contributed by atoms with Crippen LogP contribution in [-0.2, 0) is 0 Å². The van der Waals surface area contributed by atoms with E-state index in [0.29, 0.717) is 5.13 Å². The lowest BCUT2D eigenvalue weighted by Crippen LogP contribution is -1.92. The average molecular weight is 313 g/mol. The smallest absolute Gasteiger partial charge is 0.180 e. The molecule has 0 radical (unpaired) electrons. The first kappa shape index (κ1) is 12.4. The Morgan fingerprint density at radius 2 is 2.06 bits per heavy atom. The summed E-state index contributed by atoms with van der Waals surface area (Å²) in [4.78, 5) is 5.45. The van der Waals surface area contributed by atoms with Crippen LogP contribution in [0.2, 0.25) is 0 Å². The minimum Gasteiger partial charge on any atom is -0.496 e. The number of nitrogen functional groups attached to an aromatic ring is 1. The van der Waals surface area contributed by atoms with Crippen molar-refractivity contribution in [2.45, 2.75) is 13.8 Å². The number of rotatable bonds is 2. The summed E-state index contributed by atoms with van der Waals surface area (Å²) in [5.74, 6) is 0.819. The number of thiazole rings is 1. The summed E-state index contributed by atoms with van der Waals surface area (Å²) >= 11 is 5.02. The van der Waals surface area contributed by atoms with Gasteiger partial charge in [0.15, 0.2) is 5.13 Å². The van der Waals surface area contributed by atoms with E-state index in [4.69, 9.17) is 10.5 Å². The Kier molecular flexibility index (Phi) is 3.40. The van der Waals surface area contributed by atoms with Gasteiger partial charge >= 0.3 is 0 Å². The van der Waals surface area contributed by atoms with Gasteiger partial charge in [0.1, 0.15) is 5.75 Å². The maximum Gasteiger partial charge on any atom is 0.180 e. The van der Waals surface area contributed by atoms with E-state index in [1.165, 1.54) is 11.3 Å². The molecule has 2 N–H and O–H groups in total. The number of nitrogens with zero attached hydrogens (tertiary/aromatic N) is 1. The number of methoxy groups -OCH3 is 1. The third-order valence-corrected chi connectivity index (χ3v) is 4.20. The van der Waals surface area contributed by atoms with Crippen LogP contribution in [0.15, 0.2) is 16.6 Å². The molecule has 2 aromatic rings. The van der Waals surface area contributed by atoms with Crippen LogP contribution < -0.4 is 10.5 Å². The summed E-state index contributed by atoms with van der Waals surface area (Å²) in [6.45, 7) is 4.04. The van der Waals surface area contributed by atoms with Crippen molar-refractivity contribution < 1.29 is 4.74 Å². The van der Waals surface area contributed by atoms with Crippen LogP contribution in [0, 0.1) is 13.8 Å². The number of ether oxygens (including phenoxy) is 1. The van der Waals surface area contributed by atoms with Gasteiger partial charge in [-0.2, -0.15) is 0 Å². The molecule has 0 fully saturated rings. The second-order valence-corrected chi connectivity index (χ2v) is 5.85. The lowest BCUT2D eigenvalue weighted by atomic mass is 10.1. The fourth-order valence-corrected chi connectivity index (χ4v) is 2.72. The van der Waals surface area contributed by atoms with Crippen molar-refractivity contribution in [3.8, 4) is 17.0 Å². The van der Waals surface area contributed by atoms with Crippen molar-refractivity contribution in [1.82, 2.24) is 4.98 Å². The lowest BCUT2D eigenvalue weighted by Gasteiger charge is -2.10. The molecule has 0 aliphatic carbocycles. The van der Waals surface area contributed by atoms with Gasteiger partial charge in [0.2, 0.25) is 0 Å². The molecule has 0 saturated heterocycles. The summed E-state index contributed by atoms with van der Waals surface area (Å²) in [5.41, 5.74) is 8.72. The number of hydrogen-bond acceptors (Lipinski definition) is 4. The number of anilines is 1. The van der Waals surface area contributed by atoms with E-state index in [-0.39, 0.29) is 0 Å². The average Bonchev–Trinajstić information content (AvgIpc) is 2.61. The summed E-state index contributed by atoms with van der Waals surface area (Å²) < 4.78 is 6.44. The van der Waals surface area contributed by atoms with Gasteiger partial charge in [-0.3, -0.25) is 0 Å². The fourth-order valence-electron chi connectivity index (χ4n) is 1.68. The van der Waals surface area contributed by atoms with Gasteiger partial charge in [-0.25, -0.2) is 4.98 Å². The molecule has 90 valence electrons. The zero-order valence-electron chi connectivity index (χ0n) is 9.87. The summed E-state index contributed by atoms with van der Waals surface area (Å²) in [6.07, 6.45) is 0. The molecular weight excluding hydrogens is 300 g/mol. The summed E-state index contributed by atoms with van der Waals surface area (Å²) in [5, 5.41) is 0.580. The summed E-state index contributed by atoms with van der Waals surface area (Å²) in [6, 6.07) is 4.02. The van der Waals surface area contributed by atoms with Crippen LogP contribution in [0.5, 0.6) is 5.75 Å². The van der Waals surface area contributed by atoms with Gasteiger partial charge in [-0.1, -0.05) is 15.9 Å². The Hall–Kier alpha value is -1.07. The maximum atomic E-state index is 5.73. The Morgan fingerprint density at radius 3 is 2.59 bits per heavy atom.